The number of aliphatic carboxylic acids is 1. The lowest BCUT2D eigenvalue weighted by atomic mass is 10.00. The molecule has 2 rings (SSSR count). The molecule has 19 heavy (non-hydrogen) atoms. The second-order valence-electron chi connectivity index (χ2n) is 4.16. The maximum atomic E-state index is 11.4. The number of benzene rings is 1. The van der Waals surface area contributed by atoms with Crippen LogP contribution in [0.4, 0.5) is 0 Å². The number of aromatic nitrogens is 2. The van der Waals surface area contributed by atoms with Gasteiger partial charge in [0.15, 0.2) is 0 Å². The molecule has 0 saturated heterocycles. The lowest BCUT2D eigenvalue weighted by Crippen LogP contribution is -2.21. The summed E-state index contributed by atoms with van der Waals surface area (Å²) < 4.78 is 0. The Kier molecular flexibility index (Phi) is 3.59. The Hall–Kier alpha value is -2.25. The summed E-state index contributed by atoms with van der Waals surface area (Å²) in [6, 6.07) is 4.45. The lowest BCUT2D eigenvalue weighted by molar-refractivity contribution is -0.141. The number of hydrogen-bond acceptors (Lipinski definition) is 5. The zero-order valence-electron chi connectivity index (χ0n) is 9.78. The van der Waals surface area contributed by atoms with Crippen LogP contribution in [0.15, 0.2) is 29.2 Å². The second kappa shape index (κ2) is 5.17. The van der Waals surface area contributed by atoms with E-state index in [9.17, 15) is 19.8 Å². The number of nitrogens with one attached hydrogen (secondary N) is 1. The molecular formula is C12H12N2O5. The van der Waals surface area contributed by atoms with E-state index in [-0.39, 0.29) is 5.56 Å². The van der Waals surface area contributed by atoms with E-state index >= 15 is 0 Å². The number of aromatic amines is 1. The highest BCUT2D eigenvalue weighted by Gasteiger charge is 2.21. The molecule has 0 saturated carbocycles. The maximum absolute atomic E-state index is 11.4. The predicted molar refractivity (Wildman–Crippen MR) is 65.6 cm³/mol. The van der Waals surface area contributed by atoms with E-state index in [1.807, 2.05) is 0 Å². The average molecular weight is 264 g/mol. The van der Waals surface area contributed by atoms with Crippen molar-refractivity contribution in [3.05, 3.63) is 40.3 Å². The Morgan fingerprint density at radius 2 is 2.11 bits per heavy atom. The van der Waals surface area contributed by atoms with Gasteiger partial charge < -0.3 is 15.3 Å². The number of rotatable bonds is 4. The van der Waals surface area contributed by atoms with Crippen LogP contribution in [0.5, 0.6) is 0 Å². The smallest absolute Gasteiger partial charge is 0.306 e. The van der Waals surface area contributed by atoms with Crippen LogP contribution in [0, 0.1) is 0 Å². The third-order valence-electron chi connectivity index (χ3n) is 2.78. The van der Waals surface area contributed by atoms with Gasteiger partial charge in [-0.15, -0.1) is 0 Å². The van der Waals surface area contributed by atoms with Crippen molar-refractivity contribution in [2.75, 3.05) is 0 Å². The molecule has 1 aromatic carbocycles. The number of aliphatic hydroxyl groups excluding tert-OH is 2. The van der Waals surface area contributed by atoms with Crippen molar-refractivity contribution < 1.29 is 20.1 Å². The second-order valence-corrected chi connectivity index (χ2v) is 4.16. The molecule has 2 unspecified atom stereocenters. The fourth-order valence-corrected chi connectivity index (χ4v) is 1.81. The monoisotopic (exact) mass is 264 g/mol. The number of H-pyrrole nitrogens is 1. The first-order valence-corrected chi connectivity index (χ1v) is 5.54. The van der Waals surface area contributed by atoms with Crippen molar-refractivity contribution in [2.45, 2.75) is 18.6 Å². The quantitative estimate of drug-likeness (QED) is 0.606. The van der Waals surface area contributed by atoms with Gasteiger partial charge in [0.2, 0.25) is 0 Å². The van der Waals surface area contributed by atoms with Crippen LogP contribution in [-0.4, -0.2) is 37.6 Å². The molecule has 100 valence electrons. The summed E-state index contributed by atoms with van der Waals surface area (Å²) in [4.78, 5) is 21.9. The van der Waals surface area contributed by atoms with Crippen LogP contribution in [0.1, 0.15) is 18.1 Å². The molecule has 0 radical (unpaired) electrons. The Balaban J connectivity index is 2.35. The van der Waals surface area contributed by atoms with Crippen LogP contribution in [0.2, 0.25) is 0 Å². The van der Waals surface area contributed by atoms with Crippen molar-refractivity contribution in [3.63, 3.8) is 0 Å². The lowest BCUT2D eigenvalue weighted by Gasteiger charge is -2.16. The summed E-state index contributed by atoms with van der Waals surface area (Å²) in [6.45, 7) is 0. The van der Waals surface area contributed by atoms with E-state index in [2.05, 4.69) is 10.2 Å². The zero-order chi connectivity index (χ0) is 14.0. The van der Waals surface area contributed by atoms with E-state index in [0.717, 1.165) is 0 Å². The van der Waals surface area contributed by atoms with Gasteiger partial charge in [-0.25, -0.2) is 5.10 Å². The van der Waals surface area contributed by atoms with Gasteiger partial charge in [-0.1, -0.05) is 6.07 Å². The minimum atomic E-state index is -1.41. The topological polar surface area (TPSA) is 124 Å². The van der Waals surface area contributed by atoms with E-state index in [0.29, 0.717) is 16.3 Å². The van der Waals surface area contributed by atoms with Crippen molar-refractivity contribution in [1.82, 2.24) is 10.2 Å². The van der Waals surface area contributed by atoms with Gasteiger partial charge in [0.25, 0.3) is 5.56 Å². The number of fused-ring (bicyclic) bond motifs is 1. The standard InChI is InChI=1S/C12H12N2O5/c15-9(4-10(16)17)11(18)6-1-2-8-7(3-6)5-13-14-12(8)19/h1-3,5,9,11,15,18H,4H2,(H,14,19)(H,16,17). The number of aliphatic hydroxyl groups is 2. The molecule has 0 aliphatic carbocycles. The van der Waals surface area contributed by atoms with Gasteiger partial charge >= 0.3 is 5.97 Å². The van der Waals surface area contributed by atoms with Gasteiger partial charge in [0, 0.05) is 5.39 Å². The van der Waals surface area contributed by atoms with Crippen LogP contribution in [0.25, 0.3) is 10.8 Å². The molecule has 0 bridgehead atoms. The Morgan fingerprint density at radius 1 is 1.37 bits per heavy atom. The molecule has 2 atom stereocenters. The molecule has 0 spiro atoms. The molecule has 4 N–H and O–H groups in total. The van der Waals surface area contributed by atoms with Gasteiger partial charge in [-0.2, -0.15) is 5.10 Å². The number of nitrogens with zero attached hydrogens (tertiary/aromatic N) is 1. The highest BCUT2D eigenvalue weighted by molar-refractivity contribution is 5.81. The molecule has 1 aromatic heterocycles. The fourth-order valence-electron chi connectivity index (χ4n) is 1.81. The van der Waals surface area contributed by atoms with Crippen LogP contribution in [0.3, 0.4) is 0 Å². The summed E-state index contributed by atoms with van der Waals surface area (Å²) in [5.74, 6) is -1.20. The number of carboxylic acids is 1. The molecular weight excluding hydrogens is 252 g/mol. The summed E-state index contributed by atoms with van der Waals surface area (Å²) in [5.41, 5.74) is -0.0294. The van der Waals surface area contributed by atoms with E-state index in [1.54, 1.807) is 0 Å². The first-order valence-electron chi connectivity index (χ1n) is 5.54. The molecule has 0 aliphatic heterocycles. The molecule has 1 heterocycles. The van der Waals surface area contributed by atoms with Crippen LogP contribution >= 0.6 is 0 Å². The minimum absolute atomic E-state index is 0.327. The van der Waals surface area contributed by atoms with Gasteiger partial charge in [0.05, 0.1) is 24.1 Å². The predicted octanol–water partition coefficient (Wildman–Crippen LogP) is -0.208. The Labute approximate surface area is 107 Å². The minimum Gasteiger partial charge on any atom is -0.481 e. The third-order valence-corrected chi connectivity index (χ3v) is 2.78. The third kappa shape index (κ3) is 2.78. The van der Waals surface area contributed by atoms with E-state index < -0.39 is 24.6 Å². The number of hydrogen-bond donors (Lipinski definition) is 4. The highest BCUT2D eigenvalue weighted by Crippen LogP contribution is 2.22. The highest BCUT2D eigenvalue weighted by atomic mass is 16.4. The average Bonchev–Trinajstić information content (AvgIpc) is 2.37. The largest absolute Gasteiger partial charge is 0.481 e. The summed E-state index contributed by atoms with van der Waals surface area (Å²) in [5, 5.41) is 34.8. The molecule has 2 aromatic rings. The molecule has 7 nitrogen and oxygen atoms in total. The zero-order valence-corrected chi connectivity index (χ0v) is 9.78. The summed E-state index contributed by atoms with van der Waals surface area (Å²) in [6.07, 6.45) is -1.90. The molecule has 0 fully saturated rings. The Bertz CT molecular complexity index is 666. The molecule has 0 aliphatic rings. The number of carbonyl (C=O) groups is 1. The summed E-state index contributed by atoms with van der Waals surface area (Å²) in [7, 11) is 0. The van der Waals surface area contributed by atoms with Crippen LogP contribution < -0.4 is 5.56 Å². The van der Waals surface area contributed by atoms with Crippen molar-refractivity contribution >= 4 is 16.7 Å². The first kappa shape index (κ1) is 13.2. The van der Waals surface area contributed by atoms with Gasteiger partial charge in [-0.3, -0.25) is 9.59 Å². The molecule has 0 amide bonds. The maximum Gasteiger partial charge on any atom is 0.306 e. The SMILES string of the molecule is O=C(O)CC(O)C(O)c1ccc2c(=O)[nH]ncc2c1. The van der Waals surface area contributed by atoms with Gasteiger partial charge in [-0.05, 0) is 17.7 Å². The number of carboxylic acid groups (broad SMARTS) is 1. The fraction of sp³-hybridized carbons (Fsp3) is 0.250. The first-order chi connectivity index (χ1) is 8.99. The Morgan fingerprint density at radius 3 is 2.79 bits per heavy atom. The van der Waals surface area contributed by atoms with Crippen molar-refractivity contribution in [1.29, 1.82) is 0 Å². The molecule has 7 heteroatoms. The van der Waals surface area contributed by atoms with E-state index in [4.69, 9.17) is 5.11 Å². The van der Waals surface area contributed by atoms with Gasteiger partial charge in [0.1, 0.15) is 6.10 Å². The summed E-state index contributed by atoms with van der Waals surface area (Å²) >= 11 is 0. The normalized spacial score (nSPS) is 14.2. The van der Waals surface area contributed by atoms with Crippen molar-refractivity contribution in [2.24, 2.45) is 0 Å². The van der Waals surface area contributed by atoms with Crippen LogP contribution in [-0.2, 0) is 4.79 Å². The van der Waals surface area contributed by atoms with E-state index in [1.165, 1.54) is 24.4 Å². The van der Waals surface area contributed by atoms with Crippen molar-refractivity contribution in [3.8, 4) is 0 Å².